The molecule has 2 aromatic rings. The summed E-state index contributed by atoms with van der Waals surface area (Å²) in [7, 11) is 0. The van der Waals surface area contributed by atoms with Gasteiger partial charge in [-0.2, -0.15) is 0 Å². The Kier molecular flexibility index (Phi) is 8.41. The summed E-state index contributed by atoms with van der Waals surface area (Å²) < 4.78 is 18.3. The molecule has 0 amide bonds. The number of carbonyl (C=O) groups excluding carboxylic acids is 1. The number of ketones is 1. The van der Waals surface area contributed by atoms with Crippen molar-refractivity contribution >= 4 is 11.9 Å². The van der Waals surface area contributed by atoms with E-state index in [2.05, 4.69) is 33.4 Å². The van der Waals surface area contributed by atoms with Gasteiger partial charge >= 0.3 is 0 Å². The number of carbonyl (C=O) groups is 1. The zero-order chi connectivity index (χ0) is 25.7. The van der Waals surface area contributed by atoms with Crippen molar-refractivity contribution in [2.24, 2.45) is 0 Å². The second kappa shape index (κ2) is 10.5. The van der Waals surface area contributed by atoms with Crippen molar-refractivity contribution in [2.75, 3.05) is 6.61 Å². The van der Waals surface area contributed by atoms with Crippen LogP contribution in [-0.4, -0.2) is 23.6 Å². The molecule has 0 fully saturated rings. The summed E-state index contributed by atoms with van der Waals surface area (Å²) in [6, 6.07) is 11.1. The summed E-state index contributed by atoms with van der Waals surface area (Å²) >= 11 is 0. The lowest BCUT2D eigenvalue weighted by molar-refractivity contribution is 0.104. The van der Waals surface area contributed by atoms with Gasteiger partial charge in [0, 0.05) is 11.1 Å². The number of allylic oxidation sites excluding steroid dienone is 1. The topological polar surface area (TPSA) is 44.8 Å². The summed E-state index contributed by atoms with van der Waals surface area (Å²) in [6.07, 6.45) is 5.07. The average molecular weight is 465 g/mol. The van der Waals surface area contributed by atoms with Crippen LogP contribution < -0.4 is 14.2 Å². The first-order chi connectivity index (χ1) is 15.6. The minimum atomic E-state index is -0.422. The molecule has 0 aliphatic carbocycles. The summed E-state index contributed by atoms with van der Waals surface area (Å²) in [4.78, 5) is 13.0. The van der Waals surface area contributed by atoms with E-state index in [4.69, 9.17) is 14.2 Å². The quantitative estimate of drug-likeness (QED) is 0.227. The van der Waals surface area contributed by atoms with Gasteiger partial charge in [0.05, 0.1) is 5.56 Å². The van der Waals surface area contributed by atoms with E-state index in [-0.39, 0.29) is 11.2 Å². The van der Waals surface area contributed by atoms with Gasteiger partial charge < -0.3 is 14.2 Å². The number of benzene rings is 2. The SMILES string of the molecule is C=CCOc1ccc(C(=O)/C=C/c2c(OC(C)(C)C)ccc(C(C)(C)C)c2OC(C)(C)C)cc1. The minimum Gasteiger partial charge on any atom is -0.490 e. The summed E-state index contributed by atoms with van der Waals surface area (Å²) in [5.41, 5.74) is 1.40. The van der Waals surface area contributed by atoms with Crippen LogP contribution in [0, 0.1) is 0 Å². The van der Waals surface area contributed by atoms with E-state index in [0.717, 1.165) is 16.9 Å². The smallest absolute Gasteiger partial charge is 0.185 e. The maximum atomic E-state index is 13.0. The minimum absolute atomic E-state index is 0.111. The lowest BCUT2D eigenvalue weighted by Gasteiger charge is -2.31. The summed E-state index contributed by atoms with van der Waals surface area (Å²) in [5.74, 6) is 2.00. The molecular weight excluding hydrogens is 424 g/mol. The molecule has 2 aromatic carbocycles. The monoisotopic (exact) mass is 464 g/mol. The van der Waals surface area contributed by atoms with Crippen LogP contribution in [0.15, 0.2) is 55.1 Å². The lowest BCUT2D eigenvalue weighted by atomic mass is 9.84. The van der Waals surface area contributed by atoms with Crippen molar-refractivity contribution in [3.05, 3.63) is 71.8 Å². The average Bonchev–Trinajstić information content (AvgIpc) is 2.68. The molecule has 0 saturated carbocycles. The van der Waals surface area contributed by atoms with E-state index < -0.39 is 11.2 Å². The molecule has 0 bridgehead atoms. The van der Waals surface area contributed by atoms with Gasteiger partial charge in [-0.3, -0.25) is 4.79 Å². The van der Waals surface area contributed by atoms with Gasteiger partial charge in [0.2, 0.25) is 0 Å². The molecule has 34 heavy (non-hydrogen) atoms. The highest BCUT2D eigenvalue weighted by Crippen LogP contribution is 2.42. The molecule has 0 unspecified atom stereocenters. The van der Waals surface area contributed by atoms with Crippen LogP contribution in [0.2, 0.25) is 0 Å². The summed E-state index contributed by atoms with van der Waals surface area (Å²) in [5, 5.41) is 0. The molecular formula is C30H40O4. The van der Waals surface area contributed by atoms with Gasteiger partial charge in [0.15, 0.2) is 5.78 Å². The predicted octanol–water partition coefficient (Wildman–Crippen LogP) is 7.80. The first-order valence-electron chi connectivity index (χ1n) is 11.7. The molecule has 0 spiro atoms. The summed E-state index contributed by atoms with van der Waals surface area (Å²) in [6.45, 7) is 22.6. The van der Waals surface area contributed by atoms with Crippen molar-refractivity contribution in [3.8, 4) is 17.2 Å². The van der Waals surface area contributed by atoms with Gasteiger partial charge in [-0.05, 0) is 89.4 Å². The first kappa shape index (κ1) is 27.2. The molecule has 0 atom stereocenters. The Morgan fingerprint density at radius 1 is 0.853 bits per heavy atom. The molecule has 0 N–H and O–H groups in total. The van der Waals surface area contributed by atoms with Crippen molar-refractivity contribution in [2.45, 2.75) is 78.9 Å². The highest BCUT2D eigenvalue weighted by Gasteiger charge is 2.27. The first-order valence-corrected chi connectivity index (χ1v) is 11.7. The fraction of sp³-hybridized carbons (Fsp3) is 0.433. The van der Waals surface area contributed by atoms with E-state index in [1.165, 1.54) is 0 Å². The van der Waals surface area contributed by atoms with Gasteiger partial charge in [0.1, 0.15) is 35.1 Å². The second-order valence-corrected chi connectivity index (χ2v) is 11.4. The lowest BCUT2D eigenvalue weighted by Crippen LogP contribution is -2.27. The normalized spacial score (nSPS) is 12.5. The zero-order valence-corrected chi connectivity index (χ0v) is 22.2. The molecule has 0 saturated heterocycles. The van der Waals surface area contributed by atoms with E-state index >= 15 is 0 Å². The molecule has 4 nitrogen and oxygen atoms in total. The van der Waals surface area contributed by atoms with E-state index in [0.29, 0.717) is 23.7 Å². The fourth-order valence-corrected chi connectivity index (χ4v) is 3.29. The van der Waals surface area contributed by atoms with Crippen molar-refractivity contribution < 1.29 is 19.0 Å². The second-order valence-electron chi connectivity index (χ2n) is 11.4. The molecule has 184 valence electrons. The van der Waals surface area contributed by atoms with Crippen LogP contribution in [0.1, 0.15) is 83.8 Å². The molecule has 0 aliphatic rings. The number of rotatable bonds is 8. The van der Waals surface area contributed by atoms with Crippen LogP contribution in [0.5, 0.6) is 17.2 Å². The van der Waals surface area contributed by atoms with Crippen LogP contribution in [0.4, 0.5) is 0 Å². The molecule has 0 heterocycles. The van der Waals surface area contributed by atoms with Crippen molar-refractivity contribution in [3.63, 3.8) is 0 Å². The molecule has 0 radical (unpaired) electrons. The largest absolute Gasteiger partial charge is 0.490 e. The third-order valence-electron chi connectivity index (χ3n) is 4.70. The van der Waals surface area contributed by atoms with Crippen LogP contribution in [-0.2, 0) is 5.41 Å². The van der Waals surface area contributed by atoms with Crippen LogP contribution in [0.3, 0.4) is 0 Å². The predicted molar refractivity (Wildman–Crippen MR) is 141 cm³/mol. The maximum absolute atomic E-state index is 13.0. The molecule has 0 aliphatic heterocycles. The Balaban J connectivity index is 2.55. The van der Waals surface area contributed by atoms with E-state index in [1.807, 2.05) is 53.7 Å². The van der Waals surface area contributed by atoms with Gasteiger partial charge in [-0.25, -0.2) is 0 Å². The highest BCUT2D eigenvalue weighted by molar-refractivity contribution is 6.07. The fourth-order valence-electron chi connectivity index (χ4n) is 3.29. The zero-order valence-electron chi connectivity index (χ0n) is 22.2. The molecule has 0 aromatic heterocycles. The van der Waals surface area contributed by atoms with Crippen molar-refractivity contribution in [1.82, 2.24) is 0 Å². The Morgan fingerprint density at radius 3 is 1.94 bits per heavy atom. The van der Waals surface area contributed by atoms with Gasteiger partial charge in [0.25, 0.3) is 0 Å². The van der Waals surface area contributed by atoms with E-state index in [1.54, 1.807) is 36.4 Å². The molecule has 4 heteroatoms. The standard InChI is InChI=1S/C30H40O4/c1-11-20-32-22-14-12-21(13-15-22)25(31)18-16-23-26(33-29(5,6)7)19-17-24(28(2,3)4)27(23)34-30(8,9)10/h11-19H,1,20H2,2-10H3/b18-16+. The van der Waals surface area contributed by atoms with E-state index in [9.17, 15) is 4.79 Å². The Bertz CT molecular complexity index is 1020. The molecule has 2 rings (SSSR count). The van der Waals surface area contributed by atoms with Gasteiger partial charge in [-0.15, -0.1) is 0 Å². The number of hydrogen-bond donors (Lipinski definition) is 0. The Hall–Kier alpha value is -3.01. The third kappa shape index (κ3) is 8.09. The number of hydrogen-bond acceptors (Lipinski definition) is 4. The van der Waals surface area contributed by atoms with Crippen LogP contribution in [0.25, 0.3) is 6.08 Å². The highest BCUT2D eigenvalue weighted by atomic mass is 16.5. The maximum Gasteiger partial charge on any atom is 0.185 e. The van der Waals surface area contributed by atoms with Crippen molar-refractivity contribution in [1.29, 1.82) is 0 Å². The number of ether oxygens (including phenoxy) is 3. The Labute approximate surface area is 205 Å². The van der Waals surface area contributed by atoms with Gasteiger partial charge in [-0.1, -0.05) is 39.5 Å². The third-order valence-corrected chi connectivity index (χ3v) is 4.70. The van der Waals surface area contributed by atoms with Crippen LogP contribution >= 0.6 is 0 Å². The Morgan fingerprint density at radius 2 is 1.44 bits per heavy atom.